The topological polar surface area (TPSA) is 67.6 Å². The zero-order valence-corrected chi connectivity index (χ0v) is 13.5. The van der Waals surface area contributed by atoms with Crippen molar-refractivity contribution in [2.24, 2.45) is 17.6 Å². The number of hydrogen-bond acceptors (Lipinski definition) is 4. The molecule has 1 aliphatic heterocycles. The lowest BCUT2D eigenvalue weighted by atomic mass is 9.76. The van der Waals surface area contributed by atoms with Gasteiger partial charge in [0.1, 0.15) is 6.04 Å². The highest BCUT2D eigenvalue weighted by Crippen LogP contribution is 2.35. The van der Waals surface area contributed by atoms with Crippen molar-refractivity contribution in [3.05, 3.63) is 0 Å². The Kier molecular flexibility index (Phi) is 6.45. The maximum Gasteiger partial charge on any atom is 0.239 e. The summed E-state index contributed by atoms with van der Waals surface area (Å²) in [7, 11) is 0. The molecular weight excluding hydrogens is 266 g/mol. The number of nitrogens with one attached hydrogen (secondary N) is 1. The van der Waals surface area contributed by atoms with E-state index in [1.807, 2.05) is 6.92 Å². The van der Waals surface area contributed by atoms with Crippen LogP contribution in [0.15, 0.2) is 0 Å². The fraction of sp³-hybridized carbons (Fsp3) is 0.938. The van der Waals surface area contributed by atoms with Gasteiger partial charge in [-0.2, -0.15) is 0 Å². The van der Waals surface area contributed by atoms with E-state index in [1.165, 1.54) is 25.7 Å². The van der Waals surface area contributed by atoms with E-state index in [4.69, 9.17) is 10.5 Å². The molecule has 21 heavy (non-hydrogen) atoms. The maximum absolute atomic E-state index is 12.3. The predicted molar refractivity (Wildman–Crippen MR) is 84.0 cm³/mol. The van der Waals surface area contributed by atoms with Gasteiger partial charge in [-0.05, 0) is 38.1 Å². The number of amides is 1. The molecule has 0 bridgehead atoms. The van der Waals surface area contributed by atoms with Crippen molar-refractivity contribution in [2.45, 2.75) is 51.6 Å². The van der Waals surface area contributed by atoms with E-state index in [1.54, 1.807) is 0 Å². The van der Waals surface area contributed by atoms with Gasteiger partial charge in [-0.15, -0.1) is 0 Å². The highest BCUT2D eigenvalue weighted by molar-refractivity contribution is 5.82. The first-order valence-electron chi connectivity index (χ1n) is 8.52. The van der Waals surface area contributed by atoms with Gasteiger partial charge in [-0.3, -0.25) is 9.69 Å². The molecule has 122 valence electrons. The Morgan fingerprint density at radius 2 is 2.19 bits per heavy atom. The number of nitrogens with zero attached hydrogens (tertiary/aromatic N) is 1. The van der Waals surface area contributed by atoms with Gasteiger partial charge in [-0.1, -0.05) is 19.8 Å². The van der Waals surface area contributed by atoms with Crippen LogP contribution in [0.25, 0.3) is 0 Å². The largest absolute Gasteiger partial charge is 0.378 e. The normalized spacial score (nSPS) is 34.6. The Hall–Kier alpha value is -0.650. The van der Waals surface area contributed by atoms with Crippen LogP contribution in [0.2, 0.25) is 0 Å². The fourth-order valence-electron chi connectivity index (χ4n) is 3.88. The van der Waals surface area contributed by atoms with Crippen molar-refractivity contribution in [2.75, 3.05) is 32.8 Å². The number of carbonyl (C=O) groups is 1. The van der Waals surface area contributed by atoms with E-state index in [0.29, 0.717) is 25.1 Å². The van der Waals surface area contributed by atoms with E-state index in [0.717, 1.165) is 25.6 Å². The quantitative estimate of drug-likeness (QED) is 0.794. The molecule has 1 amide bonds. The van der Waals surface area contributed by atoms with E-state index in [-0.39, 0.29) is 11.9 Å². The predicted octanol–water partition coefficient (Wildman–Crippen LogP) is 0.977. The number of rotatable bonds is 5. The molecule has 1 heterocycles. The Bertz CT molecular complexity index is 337. The summed E-state index contributed by atoms with van der Waals surface area (Å²) < 4.78 is 5.56. The number of hydrogen-bond donors (Lipinski definition) is 2. The van der Waals surface area contributed by atoms with Crippen LogP contribution in [0.3, 0.4) is 0 Å². The molecule has 0 aromatic heterocycles. The Labute approximate surface area is 128 Å². The molecule has 2 rings (SSSR count). The molecule has 0 radical (unpaired) electrons. The van der Waals surface area contributed by atoms with Gasteiger partial charge >= 0.3 is 0 Å². The van der Waals surface area contributed by atoms with Crippen molar-refractivity contribution in [1.82, 2.24) is 10.2 Å². The molecule has 3 N–H and O–H groups in total. The number of morpholine rings is 1. The maximum atomic E-state index is 12.3. The Morgan fingerprint density at radius 1 is 1.38 bits per heavy atom. The Balaban J connectivity index is 2.11. The van der Waals surface area contributed by atoms with Crippen LogP contribution >= 0.6 is 0 Å². The smallest absolute Gasteiger partial charge is 0.239 e. The van der Waals surface area contributed by atoms with Crippen molar-refractivity contribution in [3.63, 3.8) is 0 Å². The SMILES string of the molecule is CCNC(=O)C1COCCN1C1CC(CC)CCC1CN. The molecule has 2 fully saturated rings. The molecule has 0 aromatic carbocycles. The summed E-state index contributed by atoms with van der Waals surface area (Å²) in [6.07, 6.45) is 4.88. The molecule has 5 heteroatoms. The van der Waals surface area contributed by atoms with Crippen molar-refractivity contribution < 1.29 is 9.53 Å². The van der Waals surface area contributed by atoms with E-state index < -0.39 is 0 Å². The molecule has 4 atom stereocenters. The fourth-order valence-corrected chi connectivity index (χ4v) is 3.88. The lowest BCUT2D eigenvalue weighted by molar-refractivity contribution is -0.137. The van der Waals surface area contributed by atoms with Gasteiger partial charge in [-0.25, -0.2) is 0 Å². The summed E-state index contributed by atoms with van der Waals surface area (Å²) in [6, 6.07) is 0.290. The number of nitrogens with two attached hydrogens (primary N) is 1. The summed E-state index contributed by atoms with van der Waals surface area (Å²) >= 11 is 0. The second kappa shape index (κ2) is 8.11. The highest BCUT2D eigenvalue weighted by Gasteiger charge is 2.39. The van der Waals surface area contributed by atoms with E-state index in [2.05, 4.69) is 17.1 Å². The molecule has 0 spiro atoms. The van der Waals surface area contributed by atoms with Crippen LogP contribution in [-0.2, 0) is 9.53 Å². The second-order valence-corrected chi connectivity index (χ2v) is 6.37. The van der Waals surface area contributed by atoms with Gasteiger partial charge in [0.2, 0.25) is 5.91 Å². The summed E-state index contributed by atoms with van der Waals surface area (Å²) in [6.45, 7) is 7.70. The Morgan fingerprint density at radius 3 is 2.86 bits per heavy atom. The summed E-state index contributed by atoms with van der Waals surface area (Å²) in [5.74, 6) is 1.39. The van der Waals surface area contributed by atoms with E-state index >= 15 is 0 Å². The first-order valence-corrected chi connectivity index (χ1v) is 8.52. The van der Waals surface area contributed by atoms with Crippen LogP contribution in [0.4, 0.5) is 0 Å². The summed E-state index contributed by atoms with van der Waals surface area (Å²) in [4.78, 5) is 14.7. The third-order valence-electron chi connectivity index (χ3n) is 5.19. The number of carbonyl (C=O) groups excluding carboxylic acids is 1. The van der Waals surface area contributed by atoms with Gasteiger partial charge in [0.25, 0.3) is 0 Å². The molecule has 1 saturated heterocycles. The molecule has 0 aromatic rings. The number of ether oxygens (including phenoxy) is 1. The molecule has 1 aliphatic carbocycles. The minimum absolute atomic E-state index is 0.103. The van der Waals surface area contributed by atoms with Gasteiger partial charge in [0, 0.05) is 19.1 Å². The monoisotopic (exact) mass is 297 g/mol. The zero-order chi connectivity index (χ0) is 15.2. The molecule has 1 saturated carbocycles. The lowest BCUT2D eigenvalue weighted by Gasteiger charge is -2.46. The second-order valence-electron chi connectivity index (χ2n) is 6.37. The third kappa shape index (κ3) is 3.96. The standard InChI is InChI=1S/C16H31N3O2/c1-3-12-5-6-13(10-17)14(9-12)19-7-8-21-11-15(19)16(20)18-4-2/h12-15H,3-11,17H2,1-2H3,(H,18,20). The molecule has 4 unspecified atom stereocenters. The van der Waals surface area contributed by atoms with Crippen molar-refractivity contribution >= 4 is 5.91 Å². The molecular formula is C16H31N3O2. The highest BCUT2D eigenvalue weighted by atomic mass is 16.5. The van der Waals surface area contributed by atoms with E-state index in [9.17, 15) is 4.79 Å². The zero-order valence-electron chi connectivity index (χ0n) is 13.5. The van der Waals surface area contributed by atoms with Crippen molar-refractivity contribution in [3.8, 4) is 0 Å². The van der Waals surface area contributed by atoms with Gasteiger partial charge < -0.3 is 15.8 Å². The third-order valence-corrected chi connectivity index (χ3v) is 5.19. The van der Waals surface area contributed by atoms with Gasteiger partial charge in [0.05, 0.1) is 13.2 Å². The van der Waals surface area contributed by atoms with Crippen LogP contribution in [0, 0.1) is 11.8 Å². The first-order chi connectivity index (χ1) is 10.2. The average molecular weight is 297 g/mol. The van der Waals surface area contributed by atoms with Gasteiger partial charge in [0.15, 0.2) is 0 Å². The first kappa shape index (κ1) is 16.7. The van der Waals surface area contributed by atoms with Crippen LogP contribution < -0.4 is 11.1 Å². The minimum atomic E-state index is -0.145. The lowest BCUT2D eigenvalue weighted by Crippen LogP contribution is -2.60. The summed E-state index contributed by atoms with van der Waals surface area (Å²) in [5, 5.41) is 2.95. The number of likely N-dealkylation sites (N-methyl/N-ethyl adjacent to an activating group) is 1. The minimum Gasteiger partial charge on any atom is -0.378 e. The molecule has 5 nitrogen and oxygen atoms in total. The average Bonchev–Trinajstić information content (AvgIpc) is 2.54. The summed E-state index contributed by atoms with van der Waals surface area (Å²) in [5.41, 5.74) is 6.01. The van der Waals surface area contributed by atoms with Crippen LogP contribution in [0.1, 0.15) is 39.5 Å². The van der Waals surface area contributed by atoms with Crippen molar-refractivity contribution in [1.29, 1.82) is 0 Å². The van der Waals surface area contributed by atoms with Crippen LogP contribution in [-0.4, -0.2) is 55.7 Å². The van der Waals surface area contributed by atoms with Crippen LogP contribution in [0.5, 0.6) is 0 Å². The molecule has 2 aliphatic rings.